The number of carbonyl (C=O) groups excluding carboxylic acids is 1. The lowest BCUT2D eigenvalue weighted by molar-refractivity contribution is -0.202. The molecule has 0 bridgehead atoms. The predicted molar refractivity (Wildman–Crippen MR) is 61.7 cm³/mol. The number of rotatable bonds is 5. The quantitative estimate of drug-likeness (QED) is 0.382. The van der Waals surface area contributed by atoms with Crippen molar-refractivity contribution in [3.05, 3.63) is 0 Å². The summed E-state index contributed by atoms with van der Waals surface area (Å²) in [4.78, 5) is 11.5. The van der Waals surface area contributed by atoms with E-state index in [4.69, 9.17) is 9.84 Å². The number of aliphatic hydroxyl groups is 4. The minimum atomic E-state index is -1.30. The van der Waals surface area contributed by atoms with Crippen LogP contribution in [0.3, 0.4) is 0 Å². The smallest absolute Gasteiger partial charge is 0.220 e. The highest BCUT2D eigenvalue weighted by Crippen LogP contribution is 2.21. The van der Waals surface area contributed by atoms with Crippen LogP contribution in [0.25, 0.3) is 0 Å². The Morgan fingerprint density at radius 1 is 1.17 bits per heavy atom. The van der Waals surface area contributed by atoms with Crippen molar-refractivity contribution < 1.29 is 30.0 Å². The van der Waals surface area contributed by atoms with E-state index in [0.717, 1.165) is 0 Å². The van der Waals surface area contributed by atoms with Crippen molar-refractivity contribution in [1.82, 2.24) is 5.32 Å². The van der Waals surface area contributed by atoms with Crippen LogP contribution >= 0.6 is 0 Å². The average molecular weight is 263 g/mol. The Morgan fingerprint density at radius 3 is 2.28 bits per heavy atom. The van der Waals surface area contributed by atoms with Crippen LogP contribution in [0.15, 0.2) is 0 Å². The molecule has 18 heavy (non-hydrogen) atoms. The van der Waals surface area contributed by atoms with E-state index in [1.807, 2.05) is 6.92 Å². The maximum absolute atomic E-state index is 11.5. The maximum atomic E-state index is 11.5. The highest BCUT2D eigenvalue weighted by Gasteiger charge is 2.44. The van der Waals surface area contributed by atoms with Crippen LogP contribution < -0.4 is 5.32 Å². The van der Waals surface area contributed by atoms with Crippen LogP contribution in [0.5, 0.6) is 0 Å². The Balaban J connectivity index is 2.71. The van der Waals surface area contributed by atoms with Gasteiger partial charge in [-0.05, 0) is 6.42 Å². The molecule has 1 saturated heterocycles. The third kappa shape index (κ3) is 3.39. The fourth-order valence-electron chi connectivity index (χ4n) is 2.01. The summed E-state index contributed by atoms with van der Waals surface area (Å²) in [7, 11) is 0. The van der Waals surface area contributed by atoms with Crippen LogP contribution in [-0.2, 0) is 9.53 Å². The molecule has 0 aromatic heterocycles. The van der Waals surface area contributed by atoms with Crippen molar-refractivity contribution in [2.75, 3.05) is 13.2 Å². The third-order valence-corrected chi connectivity index (χ3v) is 3.01. The molecule has 1 rings (SSSR count). The van der Waals surface area contributed by atoms with E-state index in [-0.39, 0.29) is 5.91 Å². The summed E-state index contributed by atoms with van der Waals surface area (Å²) in [5.41, 5.74) is 0. The molecular formula is C11H21NO6. The molecule has 0 aromatic rings. The molecule has 0 saturated carbocycles. The van der Waals surface area contributed by atoms with E-state index in [2.05, 4.69) is 5.32 Å². The molecular weight excluding hydrogens is 242 g/mol. The second-order valence-corrected chi connectivity index (χ2v) is 4.40. The van der Waals surface area contributed by atoms with Crippen LogP contribution in [-0.4, -0.2) is 70.0 Å². The number of hydrogen-bond acceptors (Lipinski definition) is 6. The molecule has 1 unspecified atom stereocenters. The van der Waals surface area contributed by atoms with Gasteiger partial charge in [0.15, 0.2) is 0 Å². The molecule has 0 aromatic carbocycles. The Kier molecular flexibility index (Phi) is 5.97. The van der Waals surface area contributed by atoms with Gasteiger partial charge in [-0.1, -0.05) is 6.92 Å². The van der Waals surface area contributed by atoms with Gasteiger partial charge in [-0.15, -0.1) is 0 Å². The Labute approximate surface area is 105 Å². The first-order valence-electron chi connectivity index (χ1n) is 6.07. The Morgan fingerprint density at radius 2 is 1.78 bits per heavy atom. The third-order valence-electron chi connectivity index (χ3n) is 3.01. The number of hydrogen-bond donors (Lipinski definition) is 5. The van der Waals surface area contributed by atoms with Gasteiger partial charge in [0, 0.05) is 6.42 Å². The lowest BCUT2D eigenvalue weighted by Gasteiger charge is -2.42. The average Bonchev–Trinajstić information content (AvgIpc) is 2.36. The zero-order chi connectivity index (χ0) is 13.7. The lowest BCUT2D eigenvalue weighted by atomic mass is 9.93. The van der Waals surface area contributed by atoms with Crippen LogP contribution in [0.1, 0.15) is 19.8 Å². The first kappa shape index (κ1) is 15.3. The van der Waals surface area contributed by atoms with Gasteiger partial charge in [-0.25, -0.2) is 0 Å². The van der Waals surface area contributed by atoms with Gasteiger partial charge in [0.2, 0.25) is 5.91 Å². The van der Waals surface area contributed by atoms with Crippen molar-refractivity contribution in [1.29, 1.82) is 0 Å². The van der Waals surface area contributed by atoms with Gasteiger partial charge in [-0.2, -0.15) is 0 Å². The lowest BCUT2D eigenvalue weighted by Crippen LogP contribution is -2.65. The summed E-state index contributed by atoms with van der Waals surface area (Å²) >= 11 is 0. The van der Waals surface area contributed by atoms with E-state index >= 15 is 0 Å². The molecule has 7 heteroatoms. The van der Waals surface area contributed by atoms with Gasteiger partial charge >= 0.3 is 0 Å². The van der Waals surface area contributed by atoms with Crippen molar-refractivity contribution in [3.8, 4) is 0 Å². The van der Waals surface area contributed by atoms with Crippen LogP contribution in [0.4, 0.5) is 0 Å². The Hall–Kier alpha value is -0.730. The largest absolute Gasteiger partial charge is 0.394 e. The SMILES string of the molecule is CCCC(=O)N[C@H]1C(CO)O[C@H](CO)[C@@H](O)[C@@H]1O. The molecule has 0 spiro atoms. The van der Waals surface area contributed by atoms with Crippen LogP contribution in [0, 0.1) is 0 Å². The van der Waals surface area contributed by atoms with Gasteiger partial charge in [0.05, 0.1) is 19.3 Å². The summed E-state index contributed by atoms with van der Waals surface area (Å²) in [5.74, 6) is -0.279. The van der Waals surface area contributed by atoms with E-state index in [1.165, 1.54) is 0 Å². The number of aliphatic hydroxyl groups excluding tert-OH is 4. The van der Waals surface area contributed by atoms with E-state index < -0.39 is 43.7 Å². The molecule has 1 heterocycles. The second kappa shape index (κ2) is 7.01. The fraction of sp³-hybridized carbons (Fsp3) is 0.909. The van der Waals surface area contributed by atoms with E-state index in [1.54, 1.807) is 0 Å². The van der Waals surface area contributed by atoms with E-state index in [9.17, 15) is 20.1 Å². The fourth-order valence-corrected chi connectivity index (χ4v) is 2.01. The standard InChI is InChI=1S/C11H21NO6/c1-2-3-8(15)12-9-6(4-13)18-7(5-14)10(16)11(9)17/h6-7,9-11,13-14,16-17H,2-5H2,1H3,(H,12,15)/t6?,7-,9+,10-,11-/m1/s1. The van der Waals surface area contributed by atoms with Crippen molar-refractivity contribution in [2.24, 2.45) is 0 Å². The predicted octanol–water partition coefficient (Wildman–Crippen LogP) is -2.25. The number of carbonyl (C=O) groups is 1. The summed E-state index contributed by atoms with van der Waals surface area (Å²) in [6, 6.07) is -0.883. The Bertz CT molecular complexity index is 272. The zero-order valence-electron chi connectivity index (χ0n) is 10.3. The first-order chi connectivity index (χ1) is 8.54. The highest BCUT2D eigenvalue weighted by atomic mass is 16.5. The molecule has 7 nitrogen and oxygen atoms in total. The minimum Gasteiger partial charge on any atom is -0.394 e. The summed E-state index contributed by atoms with van der Waals surface area (Å²) in [6.07, 6.45) is -3.45. The molecule has 5 atom stereocenters. The van der Waals surface area contributed by atoms with Gasteiger partial charge < -0.3 is 30.5 Å². The van der Waals surface area contributed by atoms with E-state index in [0.29, 0.717) is 12.8 Å². The topological polar surface area (TPSA) is 119 Å². The minimum absolute atomic E-state index is 0.279. The summed E-state index contributed by atoms with van der Waals surface area (Å²) in [6.45, 7) is 0.954. The van der Waals surface area contributed by atoms with Gasteiger partial charge in [-0.3, -0.25) is 4.79 Å². The summed E-state index contributed by atoms with van der Waals surface area (Å²) in [5, 5.41) is 40.3. The monoisotopic (exact) mass is 263 g/mol. The van der Waals surface area contributed by atoms with Gasteiger partial charge in [0.1, 0.15) is 24.4 Å². The second-order valence-electron chi connectivity index (χ2n) is 4.40. The van der Waals surface area contributed by atoms with Gasteiger partial charge in [0.25, 0.3) is 0 Å². The molecule has 1 fully saturated rings. The van der Waals surface area contributed by atoms with Crippen molar-refractivity contribution in [2.45, 2.75) is 50.2 Å². The normalized spacial score (nSPS) is 36.4. The van der Waals surface area contributed by atoms with Crippen molar-refractivity contribution in [3.63, 3.8) is 0 Å². The first-order valence-corrected chi connectivity index (χ1v) is 6.07. The molecule has 1 amide bonds. The summed E-state index contributed by atoms with van der Waals surface area (Å²) < 4.78 is 5.23. The molecule has 1 aliphatic rings. The van der Waals surface area contributed by atoms with Crippen molar-refractivity contribution >= 4 is 5.91 Å². The molecule has 5 N–H and O–H groups in total. The number of nitrogens with one attached hydrogen (secondary N) is 1. The number of amides is 1. The molecule has 0 radical (unpaired) electrons. The zero-order valence-corrected chi connectivity index (χ0v) is 10.3. The van der Waals surface area contributed by atoms with Crippen LogP contribution in [0.2, 0.25) is 0 Å². The molecule has 106 valence electrons. The molecule has 0 aliphatic carbocycles. The molecule has 1 aliphatic heterocycles. The number of ether oxygens (including phenoxy) is 1. The maximum Gasteiger partial charge on any atom is 0.220 e. The highest BCUT2D eigenvalue weighted by molar-refractivity contribution is 5.76.